The Kier molecular flexibility index (Phi) is 3.40. The summed E-state index contributed by atoms with van der Waals surface area (Å²) in [5.74, 6) is 0. The van der Waals surface area contributed by atoms with Crippen LogP contribution in [-0.4, -0.2) is 5.11 Å². The van der Waals surface area contributed by atoms with Crippen LogP contribution in [0.5, 0.6) is 0 Å². The molecule has 0 spiro atoms. The number of allylic oxidation sites excluding steroid dienone is 1. The van der Waals surface area contributed by atoms with Crippen molar-refractivity contribution in [1.82, 2.24) is 0 Å². The molecule has 0 aromatic heterocycles. The van der Waals surface area contributed by atoms with Crippen molar-refractivity contribution in [3.63, 3.8) is 0 Å². The van der Waals surface area contributed by atoms with Gasteiger partial charge in [-0.2, -0.15) is 0 Å². The Morgan fingerprint density at radius 1 is 1.06 bits per heavy atom. The number of rotatable bonds is 0. The molecule has 3 heteroatoms. The zero-order valence-corrected chi connectivity index (χ0v) is 10.2. The third kappa shape index (κ3) is 2.63. The number of benzene rings is 2. The quantitative estimate of drug-likeness (QED) is 0.698. The van der Waals surface area contributed by atoms with Crippen molar-refractivity contribution in [2.24, 2.45) is 11.5 Å². The Labute approximate surface area is 106 Å². The third-order valence-corrected chi connectivity index (χ3v) is 2.66. The molecule has 0 radical (unpaired) electrons. The van der Waals surface area contributed by atoms with Crippen LogP contribution >= 0.6 is 12.2 Å². The Morgan fingerprint density at radius 3 is 2.41 bits per heavy atom. The van der Waals surface area contributed by atoms with Gasteiger partial charge in [-0.05, 0) is 40.5 Å². The second-order valence-corrected chi connectivity index (χ2v) is 4.34. The van der Waals surface area contributed by atoms with Crippen LogP contribution in [0.3, 0.4) is 0 Å². The maximum Gasteiger partial charge on any atom is 0.160 e. The van der Waals surface area contributed by atoms with Crippen molar-refractivity contribution in [2.75, 3.05) is 0 Å². The van der Waals surface area contributed by atoms with E-state index in [-0.39, 0.29) is 5.11 Å². The zero-order valence-electron chi connectivity index (χ0n) is 9.39. The minimum absolute atomic E-state index is 0.000000000000000222. The molecule has 2 aromatic rings. The summed E-state index contributed by atoms with van der Waals surface area (Å²) in [6, 6.07) is 13.0. The van der Waals surface area contributed by atoms with Gasteiger partial charge >= 0.3 is 0 Å². The predicted molar refractivity (Wildman–Crippen MR) is 77.7 cm³/mol. The van der Waals surface area contributed by atoms with Crippen LogP contribution < -0.4 is 11.5 Å². The number of hydrogen-bond acceptors (Lipinski definition) is 1. The molecule has 86 valence electrons. The van der Waals surface area contributed by atoms with E-state index in [1.807, 2.05) is 0 Å². The van der Waals surface area contributed by atoms with E-state index < -0.39 is 0 Å². The van der Waals surface area contributed by atoms with Crippen molar-refractivity contribution in [2.45, 2.75) is 6.42 Å². The monoisotopic (exact) mass is 242 g/mol. The molecule has 0 saturated heterocycles. The highest BCUT2D eigenvalue weighted by atomic mass is 32.1. The van der Waals surface area contributed by atoms with Crippen molar-refractivity contribution in [3.8, 4) is 0 Å². The van der Waals surface area contributed by atoms with Crippen LogP contribution in [0.4, 0.5) is 0 Å². The molecule has 17 heavy (non-hydrogen) atoms. The van der Waals surface area contributed by atoms with E-state index in [1.165, 1.54) is 21.9 Å². The van der Waals surface area contributed by atoms with Crippen molar-refractivity contribution in [3.05, 3.63) is 53.6 Å². The summed E-state index contributed by atoms with van der Waals surface area (Å²) in [6.45, 7) is 0. The molecule has 1 aliphatic carbocycles. The average molecular weight is 242 g/mol. The first-order chi connectivity index (χ1) is 8.18. The summed E-state index contributed by atoms with van der Waals surface area (Å²) in [6.07, 6.45) is 5.53. The van der Waals surface area contributed by atoms with E-state index >= 15 is 0 Å². The largest absolute Gasteiger partial charge is 0.377 e. The highest BCUT2D eigenvalue weighted by Gasteiger charge is 2.06. The molecule has 0 bridgehead atoms. The molecule has 0 amide bonds. The molecule has 3 rings (SSSR count). The fourth-order valence-electron chi connectivity index (χ4n) is 2.07. The predicted octanol–water partition coefficient (Wildman–Crippen LogP) is 2.60. The highest BCUT2D eigenvalue weighted by molar-refractivity contribution is 7.80. The summed E-state index contributed by atoms with van der Waals surface area (Å²) >= 11 is 4.09. The maximum absolute atomic E-state index is 4.62. The van der Waals surface area contributed by atoms with E-state index in [1.54, 1.807) is 0 Å². The first-order valence-electron chi connectivity index (χ1n) is 5.40. The van der Waals surface area contributed by atoms with Gasteiger partial charge in [-0.15, -0.1) is 0 Å². The first kappa shape index (κ1) is 11.6. The Balaban J connectivity index is 0.000000239. The number of thiocarbonyl (C=S) groups is 1. The SMILES string of the molecule is C1=Cc2cccc3cccc(c23)C1.NC(N)=S. The Hall–Kier alpha value is -1.87. The standard InChI is InChI=1S/C13H10.CH4N2S/c1-4-10-6-2-8-12-9-3-7-11(5-1)13(10)12;2-1(3)4/h1-8H,9H2;(H4,2,3,4). The van der Waals surface area contributed by atoms with E-state index in [4.69, 9.17) is 0 Å². The molecule has 2 nitrogen and oxygen atoms in total. The van der Waals surface area contributed by atoms with Gasteiger partial charge in [0, 0.05) is 0 Å². The fourth-order valence-corrected chi connectivity index (χ4v) is 2.07. The van der Waals surface area contributed by atoms with Gasteiger partial charge in [0.15, 0.2) is 5.11 Å². The summed E-state index contributed by atoms with van der Waals surface area (Å²) in [5, 5.41) is 2.80. The smallest absolute Gasteiger partial charge is 0.160 e. The normalized spacial score (nSPS) is 11.8. The lowest BCUT2D eigenvalue weighted by Crippen LogP contribution is -2.18. The fraction of sp³-hybridized carbons (Fsp3) is 0.0714. The number of hydrogen-bond donors (Lipinski definition) is 2. The molecule has 0 unspecified atom stereocenters. The summed E-state index contributed by atoms with van der Waals surface area (Å²) in [7, 11) is 0. The topological polar surface area (TPSA) is 52.0 Å². The van der Waals surface area contributed by atoms with E-state index in [2.05, 4.69) is 72.2 Å². The summed E-state index contributed by atoms with van der Waals surface area (Å²) in [4.78, 5) is 0. The van der Waals surface area contributed by atoms with Gasteiger partial charge in [0.1, 0.15) is 0 Å². The van der Waals surface area contributed by atoms with Gasteiger partial charge < -0.3 is 11.5 Å². The zero-order chi connectivity index (χ0) is 12.3. The van der Waals surface area contributed by atoms with Crippen LogP contribution in [0.2, 0.25) is 0 Å². The van der Waals surface area contributed by atoms with Crippen LogP contribution in [-0.2, 0) is 6.42 Å². The Bertz CT molecular complexity index is 579. The average Bonchev–Trinajstić information content (AvgIpc) is 2.30. The second-order valence-electron chi connectivity index (χ2n) is 3.87. The van der Waals surface area contributed by atoms with Gasteiger partial charge in [0.25, 0.3) is 0 Å². The second kappa shape index (κ2) is 4.97. The molecular formula is C14H14N2S. The third-order valence-electron chi connectivity index (χ3n) is 2.66. The lowest BCUT2D eigenvalue weighted by Gasteiger charge is -2.11. The van der Waals surface area contributed by atoms with Crippen molar-refractivity contribution in [1.29, 1.82) is 0 Å². The molecule has 0 heterocycles. The van der Waals surface area contributed by atoms with Gasteiger partial charge in [-0.3, -0.25) is 0 Å². The molecule has 0 aliphatic heterocycles. The van der Waals surface area contributed by atoms with E-state index in [0.29, 0.717) is 0 Å². The maximum atomic E-state index is 4.62. The minimum Gasteiger partial charge on any atom is -0.377 e. The van der Waals surface area contributed by atoms with Crippen LogP contribution in [0, 0.1) is 0 Å². The minimum atomic E-state index is 0.000000000000000222. The van der Waals surface area contributed by atoms with Gasteiger partial charge in [0.05, 0.1) is 0 Å². The van der Waals surface area contributed by atoms with Gasteiger partial charge in [-0.25, -0.2) is 0 Å². The van der Waals surface area contributed by atoms with Crippen LogP contribution in [0.25, 0.3) is 16.8 Å². The van der Waals surface area contributed by atoms with Crippen molar-refractivity contribution >= 4 is 34.2 Å². The molecule has 0 atom stereocenters. The molecule has 4 N–H and O–H groups in total. The van der Waals surface area contributed by atoms with E-state index in [9.17, 15) is 0 Å². The molecule has 1 aliphatic rings. The van der Waals surface area contributed by atoms with Crippen LogP contribution in [0.1, 0.15) is 11.1 Å². The Morgan fingerprint density at radius 2 is 1.71 bits per heavy atom. The van der Waals surface area contributed by atoms with Crippen LogP contribution in [0.15, 0.2) is 42.5 Å². The van der Waals surface area contributed by atoms with Crippen molar-refractivity contribution < 1.29 is 0 Å². The summed E-state index contributed by atoms with van der Waals surface area (Å²) < 4.78 is 0. The number of nitrogens with two attached hydrogens (primary N) is 2. The lowest BCUT2D eigenvalue weighted by atomic mass is 9.93. The molecule has 2 aromatic carbocycles. The lowest BCUT2D eigenvalue weighted by molar-refractivity contribution is 1.29. The van der Waals surface area contributed by atoms with E-state index in [0.717, 1.165) is 6.42 Å². The molecule has 0 fully saturated rings. The molecule has 0 saturated carbocycles. The first-order valence-corrected chi connectivity index (χ1v) is 5.81. The van der Waals surface area contributed by atoms with Gasteiger partial charge in [-0.1, -0.05) is 48.6 Å². The van der Waals surface area contributed by atoms with Gasteiger partial charge in [0.2, 0.25) is 0 Å². The summed E-state index contributed by atoms with van der Waals surface area (Å²) in [5.41, 5.74) is 12.1. The molecular weight excluding hydrogens is 228 g/mol. The highest BCUT2D eigenvalue weighted by Crippen LogP contribution is 2.27.